The van der Waals surface area contributed by atoms with Gasteiger partial charge in [-0.05, 0) is 60.7 Å². The molecule has 2 N–H and O–H groups in total. The van der Waals surface area contributed by atoms with Crippen LogP contribution in [0, 0.1) is 12.7 Å². The first-order valence-electron chi connectivity index (χ1n) is 14.3. The lowest BCUT2D eigenvalue weighted by molar-refractivity contribution is -0.131. The molecule has 0 fully saturated rings. The normalized spacial score (nSPS) is 11.5. The molecule has 0 bridgehead atoms. The number of carbonyl (C=O) groups is 1. The Morgan fingerprint density at radius 2 is 1.68 bits per heavy atom. The monoisotopic (exact) mass is 604 g/mol. The minimum atomic E-state index is -4.33. The minimum Gasteiger partial charge on any atom is -0.456 e. The van der Waals surface area contributed by atoms with Crippen LogP contribution in [0.2, 0.25) is 0 Å². The Hall–Kier alpha value is -4.86. The van der Waals surface area contributed by atoms with Gasteiger partial charge >= 0.3 is 6.18 Å². The van der Waals surface area contributed by atoms with Crippen molar-refractivity contribution in [1.29, 1.82) is 0 Å². The van der Waals surface area contributed by atoms with Crippen molar-refractivity contribution in [3.05, 3.63) is 107 Å². The van der Waals surface area contributed by atoms with E-state index in [9.17, 15) is 22.4 Å². The fraction of sp³-hybridized carbons (Fsp3) is 0.235. The summed E-state index contributed by atoms with van der Waals surface area (Å²) in [6.07, 6.45) is -0.548. The van der Waals surface area contributed by atoms with Gasteiger partial charge in [-0.15, -0.1) is 0 Å². The number of fused-ring (bicyclic) bond motifs is 1. The highest BCUT2D eigenvalue weighted by Crippen LogP contribution is 2.33. The molecule has 3 aromatic carbocycles. The van der Waals surface area contributed by atoms with Crippen molar-refractivity contribution >= 4 is 22.9 Å². The molecule has 5 rings (SSSR count). The first kappa shape index (κ1) is 30.6. The molecule has 0 atom stereocenters. The number of aromatic nitrogens is 2. The lowest BCUT2D eigenvalue weighted by atomic mass is 10.0. The average molecular weight is 605 g/mol. The number of nitrogens with zero attached hydrogens (tertiary/aromatic N) is 2. The molecule has 44 heavy (non-hydrogen) atoms. The number of carbonyl (C=O) groups excluding carboxylic acids is 1. The molecule has 5 aromatic rings. The number of halogens is 4. The van der Waals surface area contributed by atoms with E-state index >= 15 is 0 Å². The summed E-state index contributed by atoms with van der Waals surface area (Å²) in [7, 11) is 0. The maximum Gasteiger partial charge on any atom is 0.390 e. The number of amides is 1. The van der Waals surface area contributed by atoms with Gasteiger partial charge in [0.15, 0.2) is 5.65 Å². The third kappa shape index (κ3) is 6.85. The standard InChI is InChI=1S/C34H32F4N4O2/c1-4-22-8-6-9-23(5-2)31(22)41-33(43)28-13-12-24(16-21(28)3)30-19-40-32-29(39-15-14-34(36,37)38)18-27(20-42(30)32)44-26-11-7-10-25(35)17-26/h6-13,16-20,39H,4-5,14-15H2,1-3H3,(H,41,43). The maximum absolute atomic E-state index is 13.8. The molecule has 0 unspecified atom stereocenters. The summed E-state index contributed by atoms with van der Waals surface area (Å²) in [5.74, 6) is -0.205. The Bertz CT molecular complexity index is 1790. The Morgan fingerprint density at radius 1 is 0.955 bits per heavy atom. The predicted octanol–water partition coefficient (Wildman–Crippen LogP) is 8.98. The maximum atomic E-state index is 13.8. The molecule has 0 saturated carbocycles. The van der Waals surface area contributed by atoms with Crippen LogP contribution in [0.25, 0.3) is 16.9 Å². The highest BCUT2D eigenvalue weighted by molar-refractivity contribution is 6.06. The van der Waals surface area contributed by atoms with Gasteiger partial charge in [-0.3, -0.25) is 9.20 Å². The van der Waals surface area contributed by atoms with E-state index in [4.69, 9.17) is 4.74 Å². The van der Waals surface area contributed by atoms with Gasteiger partial charge in [0.1, 0.15) is 17.3 Å². The molecule has 228 valence electrons. The second-order valence-electron chi connectivity index (χ2n) is 10.4. The van der Waals surface area contributed by atoms with E-state index in [0.29, 0.717) is 22.6 Å². The molecule has 0 saturated heterocycles. The van der Waals surface area contributed by atoms with Gasteiger partial charge < -0.3 is 15.4 Å². The van der Waals surface area contributed by atoms with Crippen LogP contribution in [0.1, 0.15) is 47.3 Å². The van der Waals surface area contributed by atoms with Crippen LogP contribution in [-0.4, -0.2) is 28.0 Å². The van der Waals surface area contributed by atoms with Gasteiger partial charge in [-0.25, -0.2) is 9.37 Å². The van der Waals surface area contributed by atoms with Gasteiger partial charge in [0.05, 0.1) is 30.2 Å². The fourth-order valence-electron chi connectivity index (χ4n) is 5.13. The zero-order valence-electron chi connectivity index (χ0n) is 24.6. The van der Waals surface area contributed by atoms with Gasteiger partial charge in [0, 0.05) is 35.5 Å². The molecule has 0 spiro atoms. The Kier molecular flexibility index (Phi) is 8.89. The average Bonchev–Trinajstić information content (AvgIpc) is 3.40. The van der Waals surface area contributed by atoms with Crippen molar-refractivity contribution in [1.82, 2.24) is 9.38 Å². The zero-order chi connectivity index (χ0) is 31.4. The van der Waals surface area contributed by atoms with Crippen LogP contribution >= 0.6 is 0 Å². The second kappa shape index (κ2) is 12.8. The number of aryl methyl sites for hydroxylation is 3. The van der Waals surface area contributed by atoms with Gasteiger partial charge in [0.2, 0.25) is 0 Å². The summed E-state index contributed by atoms with van der Waals surface area (Å²) in [4.78, 5) is 17.9. The molecule has 1 amide bonds. The van der Waals surface area contributed by atoms with E-state index in [0.717, 1.165) is 40.8 Å². The van der Waals surface area contributed by atoms with E-state index in [1.807, 2.05) is 45.0 Å². The summed E-state index contributed by atoms with van der Waals surface area (Å²) in [6.45, 7) is 5.57. The Morgan fingerprint density at radius 3 is 2.34 bits per heavy atom. The molecule has 0 radical (unpaired) electrons. The van der Waals surface area contributed by atoms with Crippen molar-refractivity contribution in [2.45, 2.75) is 46.2 Å². The van der Waals surface area contributed by atoms with Crippen LogP contribution in [0.4, 0.5) is 28.9 Å². The molecule has 0 aliphatic carbocycles. The van der Waals surface area contributed by atoms with Gasteiger partial charge in [-0.1, -0.05) is 44.2 Å². The predicted molar refractivity (Wildman–Crippen MR) is 164 cm³/mol. The number of para-hydroxylation sites is 1. The number of anilines is 2. The van der Waals surface area contributed by atoms with Gasteiger partial charge in [0.25, 0.3) is 5.91 Å². The highest BCUT2D eigenvalue weighted by Gasteiger charge is 2.26. The number of imidazole rings is 1. The second-order valence-corrected chi connectivity index (χ2v) is 10.4. The number of alkyl halides is 3. The molecule has 0 aliphatic heterocycles. The highest BCUT2D eigenvalue weighted by atomic mass is 19.4. The van der Waals surface area contributed by atoms with E-state index in [1.165, 1.54) is 24.3 Å². The van der Waals surface area contributed by atoms with Gasteiger partial charge in [-0.2, -0.15) is 13.2 Å². The van der Waals surface area contributed by atoms with Crippen molar-refractivity contribution < 1.29 is 27.1 Å². The lowest BCUT2D eigenvalue weighted by Gasteiger charge is -2.16. The van der Waals surface area contributed by atoms with Crippen LogP contribution in [0.3, 0.4) is 0 Å². The Balaban J connectivity index is 1.49. The molecular weight excluding hydrogens is 572 g/mol. The van der Waals surface area contributed by atoms with Crippen molar-refractivity contribution in [3.8, 4) is 22.8 Å². The molecule has 6 nitrogen and oxygen atoms in total. The topological polar surface area (TPSA) is 67.7 Å². The number of pyridine rings is 1. The molecule has 10 heteroatoms. The lowest BCUT2D eigenvalue weighted by Crippen LogP contribution is -2.16. The van der Waals surface area contributed by atoms with E-state index in [2.05, 4.69) is 15.6 Å². The van der Waals surface area contributed by atoms with Crippen molar-refractivity contribution in [2.75, 3.05) is 17.2 Å². The smallest absolute Gasteiger partial charge is 0.390 e. The molecule has 0 aliphatic rings. The van der Waals surface area contributed by atoms with Crippen molar-refractivity contribution in [3.63, 3.8) is 0 Å². The summed E-state index contributed by atoms with van der Waals surface area (Å²) in [5.41, 5.74) is 6.28. The van der Waals surface area contributed by atoms with E-state index in [1.54, 1.807) is 35.0 Å². The van der Waals surface area contributed by atoms with E-state index in [-0.39, 0.29) is 24.0 Å². The Labute approximate surface area is 252 Å². The number of hydrogen-bond donors (Lipinski definition) is 2. The van der Waals surface area contributed by atoms with Crippen LogP contribution < -0.4 is 15.4 Å². The largest absolute Gasteiger partial charge is 0.456 e. The SMILES string of the molecule is CCc1cccc(CC)c1NC(=O)c1ccc(-c2cnc3c(NCCC(F)(F)F)cc(Oc4cccc(F)c4)cn23)cc1C. The summed E-state index contributed by atoms with van der Waals surface area (Å²) < 4.78 is 60.0. The summed E-state index contributed by atoms with van der Waals surface area (Å²) >= 11 is 0. The summed E-state index contributed by atoms with van der Waals surface area (Å²) in [6, 6.07) is 18.5. The summed E-state index contributed by atoms with van der Waals surface area (Å²) in [5, 5.41) is 5.92. The third-order valence-electron chi connectivity index (χ3n) is 7.34. The first-order valence-corrected chi connectivity index (χ1v) is 14.3. The first-order chi connectivity index (χ1) is 21.1. The molecular formula is C34H32F4N4O2. The molecule has 2 aromatic heterocycles. The number of hydrogen-bond acceptors (Lipinski definition) is 4. The van der Waals surface area contributed by atoms with Crippen molar-refractivity contribution in [2.24, 2.45) is 0 Å². The number of rotatable bonds is 10. The number of nitrogens with one attached hydrogen (secondary N) is 2. The quantitative estimate of drug-likeness (QED) is 0.156. The zero-order valence-corrected chi connectivity index (χ0v) is 24.6. The number of ether oxygens (including phenoxy) is 1. The van der Waals surface area contributed by atoms with Crippen LogP contribution in [-0.2, 0) is 12.8 Å². The van der Waals surface area contributed by atoms with E-state index < -0.39 is 18.4 Å². The van der Waals surface area contributed by atoms with Crippen LogP contribution in [0.5, 0.6) is 11.5 Å². The molecule has 2 heterocycles. The minimum absolute atomic E-state index is 0.218. The fourth-order valence-corrected chi connectivity index (χ4v) is 5.13. The number of benzene rings is 3. The third-order valence-corrected chi connectivity index (χ3v) is 7.34. The van der Waals surface area contributed by atoms with Crippen LogP contribution in [0.15, 0.2) is 79.1 Å².